The monoisotopic (exact) mass is 318 g/mol. The van der Waals surface area contributed by atoms with Crippen LogP contribution >= 0.6 is 0 Å². The van der Waals surface area contributed by atoms with Gasteiger partial charge in [0, 0.05) is 44.6 Å². The van der Waals surface area contributed by atoms with Gasteiger partial charge in [-0.05, 0) is 26.2 Å². The van der Waals surface area contributed by atoms with Crippen molar-refractivity contribution in [3.63, 3.8) is 0 Å². The molecule has 7 nitrogen and oxygen atoms in total. The fraction of sp³-hybridized carbons (Fsp3) is 0.812. The van der Waals surface area contributed by atoms with Crippen LogP contribution in [0.3, 0.4) is 0 Å². The molecule has 2 saturated heterocycles. The lowest BCUT2D eigenvalue weighted by Gasteiger charge is -2.24. The van der Waals surface area contributed by atoms with Gasteiger partial charge in [-0.2, -0.15) is 0 Å². The quantitative estimate of drug-likeness (QED) is 0.660. The second-order valence-corrected chi connectivity index (χ2v) is 6.93. The van der Waals surface area contributed by atoms with Crippen LogP contribution in [0.15, 0.2) is 4.99 Å². The van der Waals surface area contributed by atoms with E-state index in [1.807, 2.05) is 0 Å². The minimum absolute atomic E-state index is 0.353. The van der Waals surface area contributed by atoms with Crippen LogP contribution in [0.4, 0.5) is 0 Å². The molecule has 0 saturated carbocycles. The number of aromatic nitrogens is 3. The number of guanidine groups is 1. The molecule has 1 aromatic heterocycles. The Bertz CT molecular complexity index is 589. The number of nitrogens with zero attached hydrogens (tertiary/aromatic N) is 5. The standard InChI is InChI=1S/C16H26N6O/c1-2-17-15(21-8-5-16(11-21)6-9-23-12-16)18-10-14-20-19-13-4-3-7-22(13)14/h2-12H2,1H3,(H,17,18). The Morgan fingerprint density at radius 1 is 1.35 bits per heavy atom. The summed E-state index contributed by atoms with van der Waals surface area (Å²) >= 11 is 0. The normalized spacial score (nSPS) is 27.2. The van der Waals surface area contributed by atoms with Gasteiger partial charge in [0.1, 0.15) is 12.4 Å². The van der Waals surface area contributed by atoms with Crippen molar-refractivity contribution in [3.05, 3.63) is 11.6 Å². The zero-order valence-electron chi connectivity index (χ0n) is 13.9. The van der Waals surface area contributed by atoms with E-state index < -0.39 is 0 Å². The van der Waals surface area contributed by atoms with Crippen LogP contribution in [0.5, 0.6) is 0 Å². The van der Waals surface area contributed by atoms with Crippen LogP contribution in [-0.2, 0) is 24.2 Å². The summed E-state index contributed by atoms with van der Waals surface area (Å²) in [6.45, 7) is 8.58. The minimum Gasteiger partial charge on any atom is -0.381 e. The summed E-state index contributed by atoms with van der Waals surface area (Å²) in [6.07, 6.45) is 4.61. The molecule has 0 aromatic carbocycles. The maximum absolute atomic E-state index is 5.63. The SMILES string of the molecule is CCNC(=NCc1nnc2n1CCC2)N1CCC2(CCOC2)C1. The van der Waals surface area contributed by atoms with E-state index in [0.717, 1.165) is 63.4 Å². The fourth-order valence-electron chi connectivity index (χ4n) is 3.99. The summed E-state index contributed by atoms with van der Waals surface area (Å²) in [5.41, 5.74) is 0.353. The molecule has 0 bridgehead atoms. The number of aliphatic imine (C=N–C) groups is 1. The first kappa shape index (κ1) is 14.9. The molecule has 0 aliphatic carbocycles. The molecular weight excluding hydrogens is 292 g/mol. The Kier molecular flexibility index (Phi) is 3.97. The Balaban J connectivity index is 1.46. The molecule has 1 N–H and O–H groups in total. The van der Waals surface area contributed by atoms with Crippen molar-refractivity contribution in [2.45, 2.75) is 45.7 Å². The largest absolute Gasteiger partial charge is 0.381 e. The molecule has 3 aliphatic heterocycles. The zero-order valence-corrected chi connectivity index (χ0v) is 13.9. The summed E-state index contributed by atoms with van der Waals surface area (Å²) in [5, 5.41) is 12.0. The van der Waals surface area contributed by atoms with E-state index in [2.05, 4.69) is 31.9 Å². The molecule has 1 aromatic rings. The molecule has 1 unspecified atom stereocenters. The van der Waals surface area contributed by atoms with Gasteiger partial charge in [0.2, 0.25) is 0 Å². The lowest BCUT2D eigenvalue weighted by molar-refractivity contribution is 0.156. The highest BCUT2D eigenvalue weighted by Crippen LogP contribution is 2.38. The van der Waals surface area contributed by atoms with Crippen molar-refractivity contribution >= 4 is 5.96 Å². The molecular formula is C16H26N6O. The van der Waals surface area contributed by atoms with Crippen LogP contribution in [0, 0.1) is 5.41 Å². The summed E-state index contributed by atoms with van der Waals surface area (Å²) in [6, 6.07) is 0. The predicted molar refractivity (Wildman–Crippen MR) is 87.2 cm³/mol. The number of aryl methyl sites for hydroxylation is 1. The van der Waals surface area contributed by atoms with Crippen molar-refractivity contribution in [3.8, 4) is 0 Å². The van der Waals surface area contributed by atoms with Crippen molar-refractivity contribution in [2.75, 3.05) is 32.8 Å². The van der Waals surface area contributed by atoms with Crippen LogP contribution < -0.4 is 5.32 Å². The van der Waals surface area contributed by atoms with E-state index in [1.54, 1.807) is 0 Å². The van der Waals surface area contributed by atoms with Gasteiger partial charge in [0.25, 0.3) is 0 Å². The van der Waals surface area contributed by atoms with Crippen molar-refractivity contribution in [1.82, 2.24) is 25.0 Å². The van der Waals surface area contributed by atoms with E-state index >= 15 is 0 Å². The van der Waals surface area contributed by atoms with E-state index in [1.165, 1.54) is 19.3 Å². The summed E-state index contributed by atoms with van der Waals surface area (Å²) in [4.78, 5) is 7.23. The Hall–Kier alpha value is -1.63. The Labute approximate surface area is 137 Å². The fourth-order valence-corrected chi connectivity index (χ4v) is 3.99. The number of nitrogens with one attached hydrogen (secondary N) is 1. The summed E-state index contributed by atoms with van der Waals surface area (Å²) < 4.78 is 7.86. The third-order valence-corrected chi connectivity index (χ3v) is 5.31. The molecule has 1 atom stereocenters. The van der Waals surface area contributed by atoms with E-state index in [0.29, 0.717) is 12.0 Å². The van der Waals surface area contributed by atoms with Crippen LogP contribution in [0.2, 0.25) is 0 Å². The van der Waals surface area contributed by atoms with Crippen molar-refractivity contribution in [1.29, 1.82) is 0 Å². The van der Waals surface area contributed by atoms with Crippen molar-refractivity contribution < 1.29 is 4.74 Å². The highest BCUT2D eigenvalue weighted by atomic mass is 16.5. The zero-order chi connectivity index (χ0) is 15.7. The molecule has 4 heterocycles. The molecule has 4 rings (SSSR count). The van der Waals surface area contributed by atoms with Gasteiger partial charge in [0.15, 0.2) is 11.8 Å². The Morgan fingerprint density at radius 3 is 3.13 bits per heavy atom. The molecule has 7 heteroatoms. The number of hydrogen-bond acceptors (Lipinski definition) is 4. The molecule has 3 aliphatic rings. The first-order valence-corrected chi connectivity index (χ1v) is 8.82. The van der Waals surface area contributed by atoms with E-state index in [9.17, 15) is 0 Å². The smallest absolute Gasteiger partial charge is 0.194 e. The number of rotatable bonds is 3. The maximum atomic E-state index is 5.63. The van der Waals surface area contributed by atoms with Gasteiger partial charge in [0.05, 0.1) is 6.61 Å². The van der Waals surface area contributed by atoms with Crippen molar-refractivity contribution in [2.24, 2.45) is 10.4 Å². The average Bonchev–Trinajstić information content (AvgIpc) is 3.31. The minimum atomic E-state index is 0.353. The highest BCUT2D eigenvalue weighted by molar-refractivity contribution is 5.80. The first-order chi connectivity index (χ1) is 11.3. The van der Waals surface area contributed by atoms with Gasteiger partial charge in [-0.15, -0.1) is 10.2 Å². The molecule has 1 spiro atoms. The van der Waals surface area contributed by atoms with Crippen LogP contribution in [0.25, 0.3) is 0 Å². The van der Waals surface area contributed by atoms with Gasteiger partial charge < -0.3 is 19.5 Å². The first-order valence-electron chi connectivity index (χ1n) is 8.82. The Morgan fingerprint density at radius 2 is 2.30 bits per heavy atom. The van der Waals surface area contributed by atoms with Gasteiger partial charge >= 0.3 is 0 Å². The predicted octanol–water partition coefficient (Wildman–Crippen LogP) is 0.802. The lowest BCUT2D eigenvalue weighted by atomic mass is 9.87. The summed E-state index contributed by atoms with van der Waals surface area (Å²) in [7, 11) is 0. The topological polar surface area (TPSA) is 67.6 Å². The number of likely N-dealkylation sites (tertiary alicyclic amines) is 1. The number of fused-ring (bicyclic) bond motifs is 1. The van der Waals surface area contributed by atoms with E-state index in [-0.39, 0.29) is 0 Å². The number of hydrogen-bond donors (Lipinski definition) is 1. The molecule has 0 amide bonds. The second kappa shape index (κ2) is 6.11. The maximum Gasteiger partial charge on any atom is 0.194 e. The molecule has 23 heavy (non-hydrogen) atoms. The third-order valence-electron chi connectivity index (χ3n) is 5.31. The molecule has 0 radical (unpaired) electrons. The van der Waals surface area contributed by atoms with Gasteiger partial charge in [-0.3, -0.25) is 0 Å². The van der Waals surface area contributed by atoms with Crippen LogP contribution in [0.1, 0.15) is 37.8 Å². The highest BCUT2D eigenvalue weighted by Gasteiger charge is 2.42. The number of ether oxygens (including phenoxy) is 1. The lowest BCUT2D eigenvalue weighted by Crippen LogP contribution is -2.41. The van der Waals surface area contributed by atoms with Gasteiger partial charge in [-0.1, -0.05) is 0 Å². The van der Waals surface area contributed by atoms with E-state index in [4.69, 9.17) is 9.73 Å². The summed E-state index contributed by atoms with van der Waals surface area (Å²) in [5.74, 6) is 3.11. The molecule has 2 fully saturated rings. The second-order valence-electron chi connectivity index (χ2n) is 6.93. The van der Waals surface area contributed by atoms with Gasteiger partial charge in [-0.25, -0.2) is 4.99 Å². The average molecular weight is 318 g/mol. The third kappa shape index (κ3) is 2.82. The molecule has 126 valence electrons. The van der Waals surface area contributed by atoms with Crippen LogP contribution in [-0.4, -0.2) is 58.5 Å².